The highest BCUT2D eigenvalue weighted by Gasteiger charge is 2.21. The first-order chi connectivity index (χ1) is 8.65. The number of nitrogens with one attached hydrogen (secondary N) is 1. The van der Waals surface area contributed by atoms with Crippen LogP contribution in [0.5, 0.6) is 0 Å². The Hall–Kier alpha value is -1.05. The molecule has 2 rings (SSSR count). The van der Waals surface area contributed by atoms with Crippen molar-refractivity contribution >= 4 is 34.5 Å². The topological polar surface area (TPSA) is 71.2 Å². The molecule has 2 heterocycles. The predicted octanol–water partition coefficient (Wildman–Crippen LogP) is 0.623. The zero-order valence-electron chi connectivity index (χ0n) is 9.96. The molecule has 98 valence electrons. The summed E-state index contributed by atoms with van der Waals surface area (Å²) < 4.78 is 0. The molecular weight excluding hydrogens is 268 g/mol. The van der Waals surface area contributed by atoms with Crippen LogP contribution in [0.15, 0.2) is 11.7 Å². The monoisotopic (exact) mass is 284 g/mol. The molecule has 1 saturated heterocycles. The van der Waals surface area contributed by atoms with E-state index >= 15 is 0 Å². The van der Waals surface area contributed by atoms with Crippen LogP contribution in [-0.2, 0) is 0 Å². The van der Waals surface area contributed by atoms with Crippen LogP contribution in [0.3, 0.4) is 0 Å². The van der Waals surface area contributed by atoms with E-state index in [1.165, 1.54) is 11.3 Å². The van der Waals surface area contributed by atoms with Gasteiger partial charge in [-0.15, -0.1) is 11.3 Å². The van der Waals surface area contributed by atoms with Crippen LogP contribution in [0.1, 0.15) is 22.5 Å². The van der Waals surface area contributed by atoms with E-state index in [9.17, 15) is 4.79 Å². The summed E-state index contributed by atoms with van der Waals surface area (Å²) in [6, 6.07) is 0.238. The highest BCUT2D eigenvalue weighted by atomic mass is 32.1. The number of hydrogen-bond acceptors (Lipinski definition) is 5. The van der Waals surface area contributed by atoms with Crippen molar-refractivity contribution in [3.05, 3.63) is 16.6 Å². The van der Waals surface area contributed by atoms with Crippen LogP contribution in [0, 0.1) is 0 Å². The van der Waals surface area contributed by atoms with Gasteiger partial charge in [-0.05, 0) is 12.8 Å². The number of hydrogen-bond donors (Lipinski definition) is 2. The molecule has 1 aromatic rings. The van der Waals surface area contributed by atoms with Gasteiger partial charge in [0.1, 0.15) is 4.88 Å². The van der Waals surface area contributed by atoms with E-state index in [1.54, 1.807) is 11.7 Å². The van der Waals surface area contributed by atoms with Gasteiger partial charge in [-0.25, -0.2) is 0 Å². The van der Waals surface area contributed by atoms with E-state index in [2.05, 4.69) is 15.2 Å². The minimum atomic E-state index is -0.0229. The molecule has 1 aromatic heterocycles. The Bertz CT molecular complexity index is 413. The molecule has 0 saturated carbocycles. The van der Waals surface area contributed by atoms with Gasteiger partial charge in [0.05, 0.1) is 16.7 Å². The van der Waals surface area contributed by atoms with E-state index in [1.807, 2.05) is 0 Å². The van der Waals surface area contributed by atoms with Crippen molar-refractivity contribution in [1.82, 2.24) is 15.2 Å². The first-order valence-electron chi connectivity index (χ1n) is 5.85. The molecule has 0 aromatic carbocycles. The number of amides is 1. The third kappa shape index (κ3) is 3.72. The molecular formula is C11H16N4OS2. The number of piperidine rings is 1. The Morgan fingerprint density at radius 1 is 1.61 bits per heavy atom. The standard InChI is InChI=1S/C11H16N4OS2/c12-10(17)6-15-3-1-8(2-4-15)14-11(16)9-5-13-7-18-9/h5,7-8H,1-4,6H2,(H2,12,17)(H,14,16). The smallest absolute Gasteiger partial charge is 0.263 e. The number of nitrogens with zero attached hydrogens (tertiary/aromatic N) is 2. The normalized spacial score (nSPS) is 17.6. The first-order valence-corrected chi connectivity index (χ1v) is 7.14. The molecule has 5 nitrogen and oxygen atoms in total. The molecule has 3 N–H and O–H groups in total. The third-order valence-electron chi connectivity index (χ3n) is 2.96. The van der Waals surface area contributed by atoms with Gasteiger partial charge in [-0.2, -0.15) is 0 Å². The van der Waals surface area contributed by atoms with Gasteiger partial charge in [0.25, 0.3) is 5.91 Å². The minimum absolute atomic E-state index is 0.0229. The number of thiazole rings is 1. The fourth-order valence-electron chi connectivity index (χ4n) is 2.04. The van der Waals surface area contributed by atoms with Gasteiger partial charge in [-0.1, -0.05) is 12.2 Å². The second kappa shape index (κ2) is 6.21. The fraction of sp³-hybridized carbons (Fsp3) is 0.545. The maximum Gasteiger partial charge on any atom is 0.263 e. The second-order valence-corrected chi connectivity index (χ2v) is 5.77. The highest BCUT2D eigenvalue weighted by molar-refractivity contribution is 7.80. The lowest BCUT2D eigenvalue weighted by Gasteiger charge is -2.31. The van der Waals surface area contributed by atoms with Crippen molar-refractivity contribution in [3.8, 4) is 0 Å². The summed E-state index contributed by atoms with van der Waals surface area (Å²) in [7, 11) is 0. The van der Waals surface area contributed by atoms with Crippen molar-refractivity contribution in [3.63, 3.8) is 0 Å². The molecule has 7 heteroatoms. The number of carbonyl (C=O) groups is 1. The van der Waals surface area contributed by atoms with Crippen LogP contribution >= 0.6 is 23.6 Å². The van der Waals surface area contributed by atoms with E-state index in [0.717, 1.165) is 25.9 Å². The summed E-state index contributed by atoms with van der Waals surface area (Å²) >= 11 is 6.25. The number of carbonyl (C=O) groups excluding carboxylic acids is 1. The van der Waals surface area contributed by atoms with Crippen molar-refractivity contribution < 1.29 is 4.79 Å². The summed E-state index contributed by atoms with van der Waals surface area (Å²) in [4.78, 5) is 19.2. The Balaban J connectivity index is 1.77. The van der Waals surface area contributed by atoms with E-state index in [0.29, 0.717) is 16.4 Å². The van der Waals surface area contributed by atoms with Crippen molar-refractivity contribution in [1.29, 1.82) is 0 Å². The van der Waals surface area contributed by atoms with Gasteiger partial charge in [0.2, 0.25) is 0 Å². The number of aromatic nitrogens is 1. The third-order valence-corrected chi connectivity index (χ3v) is 3.86. The summed E-state index contributed by atoms with van der Waals surface area (Å²) in [6.07, 6.45) is 3.47. The van der Waals surface area contributed by atoms with E-state index in [4.69, 9.17) is 18.0 Å². The average molecular weight is 284 g/mol. The quantitative estimate of drug-likeness (QED) is 0.793. The molecule has 18 heavy (non-hydrogen) atoms. The SMILES string of the molecule is NC(=S)CN1CCC(NC(=O)c2cncs2)CC1. The molecule has 0 spiro atoms. The highest BCUT2D eigenvalue weighted by Crippen LogP contribution is 2.12. The largest absolute Gasteiger partial charge is 0.392 e. The number of nitrogens with two attached hydrogens (primary N) is 1. The van der Waals surface area contributed by atoms with E-state index in [-0.39, 0.29) is 11.9 Å². The first kappa shape index (κ1) is 13.4. The van der Waals surface area contributed by atoms with Gasteiger partial charge >= 0.3 is 0 Å². The molecule has 0 unspecified atom stereocenters. The maximum atomic E-state index is 11.8. The molecule has 1 fully saturated rings. The van der Waals surface area contributed by atoms with Crippen molar-refractivity contribution in [2.24, 2.45) is 5.73 Å². The van der Waals surface area contributed by atoms with E-state index < -0.39 is 0 Å². The molecule has 0 atom stereocenters. The molecule has 0 bridgehead atoms. The van der Waals surface area contributed by atoms with Gasteiger partial charge < -0.3 is 11.1 Å². The molecule has 1 aliphatic rings. The lowest BCUT2D eigenvalue weighted by atomic mass is 10.1. The Morgan fingerprint density at radius 3 is 2.89 bits per heavy atom. The maximum absolute atomic E-state index is 11.8. The van der Waals surface area contributed by atoms with Crippen molar-refractivity contribution in [2.75, 3.05) is 19.6 Å². The minimum Gasteiger partial charge on any atom is -0.392 e. The van der Waals surface area contributed by atoms with Gasteiger partial charge in [0.15, 0.2) is 0 Å². The lowest BCUT2D eigenvalue weighted by Crippen LogP contribution is -2.46. The average Bonchev–Trinajstić information content (AvgIpc) is 2.84. The fourth-order valence-corrected chi connectivity index (χ4v) is 2.75. The summed E-state index contributed by atoms with van der Waals surface area (Å²) in [5, 5.41) is 3.04. The Morgan fingerprint density at radius 2 is 2.33 bits per heavy atom. The zero-order valence-corrected chi connectivity index (χ0v) is 11.6. The van der Waals surface area contributed by atoms with Gasteiger partial charge in [-0.3, -0.25) is 14.7 Å². The number of rotatable bonds is 4. The van der Waals surface area contributed by atoms with Crippen LogP contribution in [0.4, 0.5) is 0 Å². The molecule has 0 aliphatic carbocycles. The van der Waals surface area contributed by atoms with Crippen LogP contribution < -0.4 is 11.1 Å². The summed E-state index contributed by atoms with van der Waals surface area (Å²) in [6.45, 7) is 2.51. The molecule has 0 radical (unpaired) electrons. The second-order valence-electron chi connectivity index (χ2n) is 4.36. The molecule has 1 amide bonds. The van der Waals surface area contributed by atoms with Crippen molar-refractivity contribution in [2.45, 2.75) is 18.9 Å². The number of thiocarbonyl (C=S) groups is 1. The number of likely N-dealkylation sites (tertiary alicyclic amines) is 1. The summed E-state index contributed by atoms with van der Waals surface area (Å²) in [5.41, 5.74) is 7.18. The van der Waals surface area contributed by atoms with Crippen LogP contribution in [0.25, 0.3) is 0 Å². The lowest BCUT2D eigenvalue weighted by molar-refractivity contribution is 0.0919. The summed E-state index contributed by atoms with van der Waals surface area (Å²) in [5.74, 6) is -0.0229. The van der Waals surface area contributed by atoms with Crippen LogP contribution in [-0.4, -0.2) is 46.5 Å². The Kier molecular flexibility index (Phi) is 4.62. The Labute approximate surface area is 115 Å². The van der Waals surface area contributed by atoms with Gasteiger partial charge in [0, 0.05) is 25.7 Å². The van der Waals surface area contributed by atoms with Crippen LogP contribution in [0.2, 0.25) is 0 Å². The molecule has 1 aliphatic heterocycles. The zero-order chi connectivity index (χ0) is 13.0. The predicted molar refractivity (Wildman–Crippen MR) is 75.8 cm³/mol.